The lowest BCUT2D eigenvalue weighted by molar-refractivity contribution is -0.117. The molecule has 0 radical (unpaired) electrons. The summed E-state index contributed by atoms with van der Waals surface area (Å²) < 4.78 is 22.5. The molecule has 0 saturated heterocycles. The molecule has 0 aromatic heterocycles. The van der Waals surface area contributed by atoms with Crippen LogP contribution in [0.1, 0.15) is 23.6 Å². The smallest absolute Gasteiger partial charge is 0.262 e. The van der Waals surface area contributed by atoms with Crippen molar-refractivity contribution in [3.63, 3.8) is 0 Å². The van der Waals surface area contributed by atoms with Crippen LogP contribution in [0.3, 0.4) is 0 Å². The Bertz CT molecular complexity index is 1530. The van der Waals surface area contributed by atoms with Gasteiger partial charge in [0.1, 0.15) is 29.7 Å². The monoisotopic (exact) mass is 522 g/mol. The van der Waals surface area contributed by atoms with Crippen LogP contribution in [0.25, 0.3) is 16.8 Å². The largest absolute Gasteiger partial charge is 0.497 e. The number of carbonyl (C=O) groups is 1. The number of fused-ring (bicyclic) bond motifs is 1. The van der Waals surface area contributed by atoms with Gasteiger partial charge < -0.3 is 24.3 Å². The van der Waals surface area contributed by atoms with Crippen molar-refractivity contribution in [2.45, 2.75) is 20.1 Å². The van der Waals surface area contributed by atoms with Crippen LogP contribution < -0.4 is 24.3 Å². The lowest BCUT2D eigenvalue weighted by Gasteiger charge is -2.14. The van der Waals surface area contributed by atoms with Crippen molar-refractivity contribution in [1.82, 2.24) is 5.32 Å². The number of rotatable bonds is 11. The fourth-order valence-electron chi connectivity index (χ4n) is 4.16. The zero-order valence-electron chi connectivity index (χ0n) is 22.2. The second-order valence-electron chi connectivity index (χ2n) is 8.60. The third-order valence-corrected chi connectivity index (χ3v) is 6.14. The van der Waals surface area contributed by atoms with Gasteiger partial charge in [0, 0.05) is 18.2 Å². The molecule has 1 N–H and O–H groups in total. The number of hydrogen-bond acceptors (Lipinski definition) is 6. The second-order valence-corrected chi connectivity index (χ2v) is 8.60. The second kappa shape index (κ2) is 13.0. The molecule has 39 heavy (non-hydrogen) atoms. The highest BCUT2D eigenvalue weighted by Crippen LogP contribution is 2.31. The van der Waals surface area contributed by atoms with E-state index in [9.17, 15) is 10.1 Å². The average molecular weight is 523 g/mol. The van der Waals surface area contributed by atoms with Crippen molar-refractivity contribution < 1.29 is 23.7 Å². The molecule has 0 aliphatic heterocycles. The molecule has 0 spiro atoms. The first-order valence-corrected chi connectivity index (χ1v) is 12.5. The molecule has 0 aliphatic rings. The molecule has 0 bridgehead atoms. The van der Waals surface area contributed by atoms with Crippen molar-refractivity contribution in [1.29, 1.82) is 5.26 Å². The molecule has 0 aliphatic carbocycles. The van der Waals surface area contributed by atoms with Crippen LogP contribution in [0.2, 0.25) is 0 Å². The zero-order chi connectivity index (χ0) is 27.6. The molecule has 198 valence electrons. The van der Waals surface area contributed by atoms with Crippen LogP contribution in [0, 0.1) is 11.3 Å². The van der Waals surface area contributed by atoms with Gasteiger partial charge in [-0.1, -0.05) is 48.5 Å². The Morgan fingerprint density at radius 3 is 2.46 bits per heavy atom. The minimum atomic E-state index is -0.496. The summed E-state index contributed by atoms with van der Waals surface area (Å²) >= 11 is 0. The summed E-state index contributed by atoms with van der Waals surface area (Å²) in [4.78, 5) is 12.8. The SMILES string of the molecule is CCOc1cc(/C=C(\C#N)C(=O)NCc2ccc(OC)cc2OC)ccc1OCc1cccc2ccccc12. The van der Waals surface area contributed by atoms with Gasteiger partial charge in [-0.2, -0.15) is 5.26 Å². The molecule has 0 unspecified atom stereocenters. The third-order valence-electron chi connectivity index (χ3n) is 6.14. The minimum absolute atomic E-state index is 0.0330. The van der Waals surface area contributed by atoms with Crippen LogP contribution in [0.15, 0.2) is 84.4 Å². The fourth-order valence-corrected chi connectivity index (χ4v) is 4.16. The summed E-state index contributed by atoms with van der Waals surface area (Å²) in [5, 5.41) is 14.7. The molecule has 4 aromatic rings. The van der Waals surface area contributed by atoms with Gasteiger partial charge in [0.25, 0.3) is 5.91 Å². The van der Waals surface area contributed by atoms with Crippen LogP contribution in [-0.4, -0.2) is 26.7 Å². The Kier molecular flexibility index (Phi) is 9.04. The molecule has 0 heterocycles. The van der Waals surface area contributed by atoms with Crippen molar-refractivity contribution in [2.75, 3.05) is 20.8 Å². The summed E-state index contributed by atoms with van der Waals surface area (Å²) in [5.41, 5.74) is 2.44. The van der Waals surface area contributed by atoms with E-state index in [1.54, 1.807) is 50.6 Å². The Morgan fingerprint density at radius 2 is 1.69 bits per heavy atom. The Balaban J connectivity index is 1.49. The van der Waals surface area contributed by atoms with E-state index in [2.05, 4.69) is 23.5 Å². The maximum absolute atomic E-state index is 12.8. The molecule has 0 saturated carbocycles. The molecular weight excluding hydrogens is 492 g/mol. The Hall–Kier alpha value is -4.96. The number of hydrogen-bond donors (Lipinski definition) is 1. The fraction of sp³-hybridized carbons (Fsp3) is 0.188. The van der Waals surface area contributed by atoms with Gasteiger partial charge in [-0.25, -0.2) is 0 Å². The van der Waals surface area contributed by atoms with E-state index >= 15 is 0 Å². The number of benzene rings is 4. The van der Waals surface area contributed by atoms with Crippen LogP contribution in [0.4, 0.5) is 0 Å². The number of nitriles is 1. The van der Waals surface area contributed by atoms with Crippen LogP contribution in [-0.2, 0) is 17.9 Å². The van der Waals surface area contributed by atoms with E-state index in [1.807, 2.05) is 37.3 Å². The van der Waals surface area contributed by atoms with E-state index in [0.29, 0.717) is 41.8 Å². The Morgan fingerprint density at radius 1 is 0.872 bits per heavy atom. The predicted molar refractivity (Wildman–Crippen MR) is 151 cm³/mol. The first kappa shape index (κ1) is 27.1. The number of nitrogens with one attached hydrogen (secondary N) is 1. The van der Waals surface area contributed by atoms with Gasteiger partial charge in [0.05, 0.1) is 20.8 Å². The lowest BCUT2D eigenvalue weighted by atomic mass is 10.1. The molecule has 0 fully saturated rings. The maximum Gasteiger partial charge on any atom is 0.262 e. The highest BCUT2D eigenvalue weighted by atomic mass is 16.5. The number of amides is 1. The predicted octanol–water partition coefficient (Wildman–Crippen LogP) is 6.06. The number of carbonyl (C=O) groups excluding carboxylic acids is 1. The van der Waals surface area contributed by atoms with E-state index in [-0.39, 0.29) is 12.1 Å². The highest BCUT2D eigenvalue weighted by Gasteiger charge is 2.13. The molecule has 0 atom stereocenters. The van der Waals surface area contributed by atoms with Gasteiger partial charge >= 0.3 is 0 Å². The van der Waals surface area contributed by atoms with Gasteiger partial charge in [-0.05, 0) is 59.2 Å². The van der Waals surface area contributed by atoms with Gasteiger partial charge in [-0.3, -0.25) is 4.79 Å². The zero-order valence-corrected chi connectivity index (χ0v) is 22.2. The van der Waals surface area contributed by atoms with E-state index in [0.717, 1.165) is 21.9 Å². The van der Waals surface area contributed by atoms with Crippen molar-refractivity contribution in [3.8, 4) is 29.1 Å². The first-order chi connectivity index (χ1) is 19.1. The molecule has 4 aromatic carbocycles. The van der Waals surface area contributed by atoms with Gasteiger partial charge in [0.2, 0.25) is 0 Å². The van der Waals surface area contributed by atoms with Crippen molar-refractivity contribution in [2.24, 2.45) is 0 Å². The maximum atomic E-state index is 12.8. The normalized spacial score (nSPS) is 11.0. The summed E-state index contributed by atoms with van der Waals surface area (Å²) in [7, 11) is 3.12. The van der Waals surface area contributed by atoms with Crippen molar-refractivity contribution in [3.05, 3.63) is 101 Å². The molecule has 7 heteroatoms. The first-order valence-electron chi connectivity index (χ1n) is 12.5. The van der Waals surface area contributed by atoms with Gasteiger partial charge in [-0.15, -0.1) is 0 Å². The molecule has 4 rings (SSSR count). The third kappa shape index (κ3) is 6.68. The number of methoxy groups -OCH3 is 2. The van der Waals surface area contributed by atoms with E-state index in [4.69, 9.17) is 18.9 Å². The van der Waals surface area contributed by atoms with E-state index < -0.39 is 5.91 Å². The van der Waals surface area contributed by atoms with Crippen LogP contribution in [0.5, 0.6) is 23.0 Å². The standard InChI is InChI=1S/C32H30N2O5/c1-4-38-31-17-22(12-15-29(31)39-21-25-10-7-9-23-8-5-6-11-28(23)25)16-26(19-33)32(35)34-20-24-13-14-27(36-2)18-30(24)37-3/h5-18H,4,20-21H2,1-3H3,(H,34,35)/b26-16+. The van der Waals surface area contributed by atoms with Gasteiger partial charge in [0.15, 0.2) is 11.5 Å². The molecule has 1 amide bonds. The average Bonchev–Trinajstić information content (AvgIpc) is 2.98. The highest BCUT2D eigenvalue weighted by molar-refractivity contribution is 6.01. The molecular formula is C32H30N2O5. The summed E-state index contributed by atoms with van der Waals surface area (Å²) in [6.07, 6.45) is 1.53. The summed E-state index contributed by atoms with van der Waals surface area (Å²) in [6, 6.07) is 26.9. The lowest BCUT2D eigenvalue weighted by Crippen LogP contribution is -2.24. The quantitative estimate of drug-likeness (QED) is 0.190. The van der Waals surface area contributed by atoms with Crippen LogP contribution >= 0.6 is 0 Å². The number of nitrogens with zero attached hydrogens (tertiary/aromatic N) is 1. The van der Waals surface area contributed by atoms with Crippen molar-refractivity contribution >= 4 is 22.8 Å². The topological polar surface area (TPSA) is 89.8 Å². The van der Waals surface area contributed by atoms with E-state index in [1.165, 1.54) is 6.08 Å². The minimum Gasteiger partial charge on any atom is -0.497 e. The summed E-state index contributed by atoms with van der Waals surface area (Å²) in [6.45, 7) is 2.89. The molecule has 7 nitrogen and oxygen atoms in total. The Labute approximate surface area is 228 Å². The summed E-state index contributed by atoms with van der Waals surface area (Å²) in [5.74, 6) is 1.85. The number of ether oxygens (including phenoxy) is 4.